The van der Waals surface area contributed by atoms with Gasteiger partial charge in [-0.25, -0.2) is 4.98 Å². The van der Waals surface area contributed by atoms with E-state index in [0.29, 0.717) is 49.8 Å². The van der Waals surface area contributed by atoms with Crippen molar-refractivity contribution in [2.45, 2.75) is 69.3 Å². The number of amides is 1. The monoisotopic (exact) mass is 466 g/mol. The van der Waals surface area contributed by atoms with E-state index in [4.69, 9.17) is 0 Å². The molecule has 0 radical (unpaired) electrons. The molecule has 4 aliphatic carbocycles. The van der Waals surface area contributed by atoms with E-state index < -0.39 is 22.9 Å². The summed E-state index contributed by atoms with van der Waals surface area (Å²) in [6, 6.07) is 2.62. The minimum absolute atomic E-state index is 0.0214. The first kappa shape index (κ1) is 22.9. The van der Waals surface area contributed by atoms with Crippen LogP contribution in [0.2, 0.25) is 0 Å². The van der Waals surface area contributed by atoms with E-state index in [9.17, 15) is 23.1 Å². The molecule has 33 heavy (non-hydrogen) atoms. The van der Waals surface area contributed by atoms with Crippen molar-refractivity contribution in [2.24, 2.45) is 17.8 Å². The van der Waals surface area contributed by atoms with Crippen LogP contribution < -0.4 is 10.2 Å². The van der Waals surface area contributed by atoms with E-state index in [0.717, 1.165) is 44.4 Å². The van der Waals surface area contributed by atoms with Crippen LogP contribution in [-0.4, -0.2) is 64.3 Å². The number of nitrogens with zero attached hydrogens (tertiary/aromatic N) is 3. The highest BCUT2D eigenvalue weighted by Crippen LogP contribution is 2.55. The van der Waals surface area contributed by atoms with E-state index in [1.807, 2.05) is 18.7 Å². The Morgan fingerprint density at radius 1 is 1.09 bits per heavy atom. The molecule has 2 N–H and O–H groups in total. The van der Waals surface area contributed by atoms with Gasteiger partial charge in [0.2, 0.25) is 5.91 Å². The van der Waals surface area contributed by atoms with Gasteiger partial charge in [-0.05, 0) is 75.8 Å². The van der Waals surface area contributed by atoms with Crippen molar-refractivity contribution in [1.82, 2.24) is 15.2 Å². The summed E-state index contributed by atoms with van der Waals surface area (Å²) in [7, 11) is 0. The molecule has 2 heterocycles. The summed E-state index contributed by atoms with van der Waals surface area (Å²) in [6.45, 7) is 6.33. The van der Waals surface area contributed by atoms with E-state index in [1.165, 1.54) is 6.07 Å². The smallest absolute Gasteiger partial charge is 0.390 e. The molecule has 1 aliphatic heterocycles. The van der Waals surface area contributed by atoms with Gasteiger partial charge in [-0.15, -0.1) is 0 Å². The molecule has 0 spiro atoms. The maximum atomic E-state index is 13.4. The number of piperazine rings is 1. The van der Waals surface area contributed by atoms with Gasteiger partial charge in [0, 0.05) is 38.4 Å². The maximum Gasteiger partial charge on any atom is 0.417 e. The van der Waals surface area contributed by atoms with E-state index in [1.54, 1.807) is 0 Å². The van der Waals surface area contributed by atoms with Crippen LogP contribution >= 0.6 is 0 Å². The summed E-state index contributed by atoms with van der Waals surface area (Å²) < 4.78 is 38.4. The van der Waals surface area contributed by atoms with Crippen LogP contribution in [0, 0.1) is 17.8 Å². The molecule has 1 aromatic heterocycles. The SMILES string of the molecule is CC(C)(C(=O)NC1[C@@H]2CC3C[C@H]1CC(O)(C3)C2)N1CCN(c2ccc(C(F)(F)F)cn2)CC1. The van der Waals surface area contributed by atoms with Gasteiger partial charge in [-0.3, -0.25) is 9.69 Å². The summed E-state index contributed by atoms with van der Waals surface area (Å²) in [5, 5.41) is 14.2. The van der Waals surface area contributed by atoms with Gasteiger partial charge in [0.05, 0.1) is 16.7 Å². The highest BCUT2D eigenvalue weighted by Gasteiger charge is 2.55. The molecule has 5 fully saturated rings. The molecule has 1 amide bonds. The normalized spacial score (nSPS) is 34.5. The van der Waals surface area contributed by atoms with Crippen molar-refractivity contribution in [2.75, 3.05) is 31.1 Å². The second-order valence-electron chi connectivity index (χ2n) is 11.1. The molecule has 4 saturated carbocycles. The summed E-state index contributed by atoms with van der Waals surface area (Å²) in [4.78, 5) is 21.5. The van der Waals surface area contributed by atoms with Gasteiger partial charge in [-0.2, -0.15) is 13.2 Å². The van der Waals surface area contributed by atoms with Crippen LogP contribution in [0.15, 0.2) is 18.3 Å². The Hall–Kier alpha value is -1.87. The Morgan fingerprint density at radius 3 is 2.24 bits per heavy atom. The number of rotatable bonds is 4. The van der Waals surface area contributed by atoms with Gasteiger partial charge < -0.3 is 15.3 Å². The fourth-order valence-corrected chi connectivity index (χ4v) is 6.92. The highest BCUT2D eigenvalue weighted by atomic mass is 19.4. The number of carbonyl (C=O) groups excluding carboxylic acids is 1. The zero-order valence-electron chi connectivity index (χ0n) is 19.2. The van der Waals surface area contributed by atoms with Crippen molar-refractivity contribution in [3.05, 3.63) is 23.9 Å². The molecular weight excluding hydrogens is 433 g/mol. The Labute approximate surface area is 192 Å². The van der Waals surface area contributed by atoms with Crippen LogP contribution in [0.25, 0.3) is 0 Å². The topological polar surface area (TPSA) is 68.7 Å². The number of aromatic nitrogens is 1. The summed E-state index contributed by atoms with van der Waals surface area (Å²) in [5.74, 6) is 1.87. The van der Waals surface area contributed by atoms with Gasteiger partial charge in [0.15, 0.2) is 0 Å². The standard InChI is InChI=1S/C24H33F3N4O2/c1-22(2,21(32)29-20-16-9-15-10-17(20)13-23(33,11-15)12-16)31-7-5-30(6-8-31)19-4-3-18(14-28-19)24(25,26)27/h3-4,14-17,20,33H,5-13H2,1-2H3,(H,29,32)/t15?,16-,17+,20?,23?. The summed E-state index contributed by atoms with van der Waals surface area (Å²) in [5.41, 5.74) is -1.96. The maximum absolute atomic E-state index is 13.4. The molecule has 1 saturated heterocycles. The van der Waals surface area contributed by atoms with Crippen LogP contribution in [0.4, 0.5) is 19.0 Å². The van der Waals surface area contributed by atoms with Crippen LogP contribution in [0.1, 0.15) is 51.5 Å². The number of carbonyl (C=O) groups is 1. The molecule has 182 valence electrons. The first-order chi connectivity index (χ1) is 15.4. The van der Waals surface area contributed by atoms with Gasteiger partial charge in [0.1, 0.15) is 5.82 Å². The zero-order valence-corrected chi connectivity index (χ0v) is 19.2. The number of aliphatic hydroxyl groups is 1. The quantitative estimate of drug-likeness (QED) is 0.714. The predicted molar refractivity (Wildman–Crippen MR) is 118 cm³/mol. The lowest BCUT2D eigenvalue weighted by molar-refractivity contribution is -0.151. The number of pyridine rings is 1. The van der Waals surface area contributed by atoms with Gasteiger partial charge in [0.25, 0.3) is 0 Å². The third kappa shape index (κ3) is 4.22. The van der Waals surface area contributed by atoms with Crippen molar-refractivity contribution in [3.63, 3.8) is 0 Å². The average molecular weight is 467 g/mol. The molecule has 4 bridgehead atoms. The Morgan fingerprint density at radius 2 is 1.73 bits per heavy atom. The number of hydrogen-bond donors (Lipinski definition) is 2. The second kappa shape index (κ2) is 7.83. The lowest BCUT2D eigenvalue weighted by Crippen LogP contribution is -2.66. The van der Waals surface area contributed by atoms with Crippen molar-refractivity contribution >= 4 is 11.7 Å². The molecule has 1 aromatic rings. The van der Waals surface area contributed by atoms with Crippen molar-refractivity contribution in [3.8, 4) is 0 Å². The predicted octanol–water partition coefficient (Wildman–Crippen LogP) is 3.06. The summed E-state index contributed by atoms with van der Waals surface area (Å²) >= 11 is 0. The minimum atomic E-state index is -4.39. The Balaban J connectivity index is 1.18. The molecule has 5 aliphatic rings. The third-order valence-electron chi connectivity index (χ3n) is 8.56. The van der Waals surface area contributed by atoms with Gasteiger partial charge >= 0.3 is 6.18 Å². The lowest BCUT2D eigenvalue weighted by Gasteiger charge is -2.58. The van der Waals surface area contributed by atoms with E-state index in [-0.39, 0.29) is 11.9 Å². The molecular formula is C24H33F3N4O2. The molecule has 0 aromatic carbocycles. The fraction of sp³-hybridized carbons (Fsp3) is 0.750. The van der Waals surface area contributed by atoms with Crippen LogP contribution in [0.3, 0.4) is 0 Å². The van der Waals surface area contributed by atoms with Gasteiger partial charge in [-0.1, -0.05) is 0 Å². The number of anilines is 1. The minimum Gasteiger partial charge on any atom is -0.390 e. The molecule has 6 rings (SSSR count). The largest absolute Gasteiger partial charge is 0.417 e. The fourth-order valence-electron chi connectivity index (χ4n) is 6.92. The molecule has 3 unspecified atom stereocenters. The Bertz CT molecular complexity index is 880. The van der Waals surface area contributed by atoms with E-state index in [2.05, 4.69) is 15.2 Å². The summed E-state index contributed by atoms with van der Waals surface area (Å²) in [6.07, 6.45) is 1.20. The van der Waals surface area contributed by atoms with Crippen molar-refractivity contribution in [1.29, 1.82) is 0 Å². The second-order valence-corrected chi connectivity index (χ2v) is 11.1. The average Bonchev–Trinajstić information content (AvgIpc) is 2.74. The molecule has 9 heteroatoms. The van der Waals surface area contributed by atoms with Crippen LogP contribution in [-0.2, 0) is 11.0 Å². The lowest BCUT2D eigenvalue weighted by atomic mass is 9.52. The first-order valence-corrected chi connectivity index (χ1v) is 12.0. The third-order valence-corrected chi connectivity index (χ3v) is 8.56. The number of nitrogens with one attached hydrogen (secondary N) is 1. The first-order valence-electron chi connectivity index (χ1n) is 12.0. The number of hydrogen-bond acceptors (Lipinski definition) is 5. The molecule has 5 atom stereocenters. The zero-order chi connectivity index (χ0) is 23.6. The van der Waals surface area contributed by atoms with Crippen molar-refractivity contribution < 1.29 is 23.1 Å². The Kier molecular flexibility index (Phi) is 5.44. The number of alkyl halides is 3. The number of halogens is 3. The molecule has 6 nitrogen and oxygen atoms in total. The van der Waals surface area contributed by atoms with Crippen LogP contribution in [0.5, 0.6) is 0 Å². The van der Waals surface area contributed by atoms with E-state index >= 15 is 0 Å². The highest BCUT2D eigenvalue weighted by molar-refractivity contribution is 5.85.